The van der Waals surface area contributed by atoms with E-state index in [1.54, 1.807) is 30.3 Å². The van der Waals surface area contributed by atoms with Crippen LogP contribution in [0, 0.1) is 0 Å². The number of benzene rings is 2. The third-order valence-corrected chi connectivity index (χ3v) is 6.85. The fourth-order valence-electron chi connectivity index (χ4n) is 4.78. The van der Waals surface area contributed by atoms with Crippen LogP contribution in [0.15, 0.2) is 42.5 Å². The minimum absolute atomic E-state index is 0.266. The van der Waals surface area contributed by atoms with Gasteiger partial charge in [-0.3, -0.25) is 4.57 Å². The summed E-state index contributed by atoms with van der Waals surface area (Å²) in [5.74, 6) is 0.460. The fourth-order valence-corrected chi connectivity index (χ4v) is 4.78. The lowest BCUT2D eigenvalue weighted by molar-refractivity contribution is -0.145. The molecule has 0 saturated carbocycles. The van der Waals surface area contributed by atoms with Gasteiger partial charge >= 0.3 is 6.18 Å². The number of nitrogens with zero attached hydrogens (tertiary/aromatic N) is 2. The van der Waals surface area contributed by atoms with E-state index in [0.717, 1.165) is 48.9 Å². The molecule has 0 atom stereocenters. The predicted molar refractivity (Wildman–Crippen MR) is 149 cm³/mol. The third kappa shape index (κ3) is 7.03. The molecule has 0 fully saturated rings. The van der Waals surface area contributed by atoms with Crippen LogP contribution in [0.1, 0.15) is 83.9 Å². The molecule has 0 saturated heterocycles. The summed E-state index contributed by atoms with van der Waals surface area (Å²) in [5, 5.41) is 4.17. The van der Waals surface area contributed by atoms with E-state index >= 15 is 0 Å². The number of halogens is 3. The summed E-state index contributed by atoms with van der Waals surface area (Å²) < 4.78 is 49.2. The van der Waals surface area contributed by atoms with Gasteiger partial charge < -0.3 is 15.0 Å². The summed E-state index contributed by atoms with van der Waals surface area (Å²) in [6, 6.07) is 12.2. The number of anilines is 1. The maximum absolute atomic E-state index is 14.1. The van der Waals surface area contributed by atoms with Crippen molar-refractivity contribution in [2.45, 2.75) is 84.2 Å². The molecule has 0 aliphatic rings. The number of rotatable bonds is 15. The van der Waals surface area contributed by atoms with E-state index in [9.17, 15) is 13.2 Å². The number of hydrogen-bond acceptors (Lipinski definition) is 3. The van der Waals surface area contributed by atoms with Crippen molar-refractivity contribution in [1.29, 1.82) is 0 Å². The van der Waals surface area contributed by atoms with Gasteiger partial charge in [0, 0.05) is 29.2 Å². The van der Waals surface area contributed by atoms with Crippen LogP contribution in [0.5, 0.6) is 5.75 Å². The van der Waals surface area contributed by atoms with Gasteiger partial charge in [0.05, 0.1) is 17.6 Å². The SMILES string of the molecule is CCCCCCCCCCOc1ccc2c(c1)nc(C(F)(F)F)n2-c1ccc2[nH]c(NCCCC)cc2c1. The lowest BCUT2D eigenvalue weighted by atomic mass is 10.1. The number of H-pyrrole nitrogens is 1. The molecule has 2 N–H and O–H groups in total. The van der Waals surface area contributed by atoms with E-state index in [0.29, 0.717) is 23.6 Å². The normalized spacial score (nSPS) is 12.0. The Morgan fingerprint density at radius 2 is 1.61 bits per heavy atom. The zero-order valence-electron chi connectivity index (χ0n) is 22.5. The largest absolute Gasteiger partial charge is 0.494 e. The molecular weight excluding hydrogens is 489 g/mol. The molecule has 4 aromatic rings. The van der Waals surface area contributed by atoms with E-state index in [1.807, 2.05) is 12.1 Å². The summed E-state index contributed by atoms with van der Waals surface area (Å²) in [4.78, 5) is 7.27. The van der Waals surface area contributed by atoms with Gasteiger partial charge in [-0.2, -0.15) is 13.2 Å². The first-order valence-electron chi connectivity index (χ1n) is 14.0. The minimum Gasteiger partial charge on any atom is -0.494 e. The summed E-state index contributed by atoms with van der Waals surface area (Å²) in [6.07, 6.45) is 7.12. The molecule has 2 aromatic heterocycles. The highest BCUT2D eigenvalue weighted by Gasteiger charge is 2.38. The van der Waals surface area contributed by atoms with Crippen molar-refractivity contribution in [2.24, 2.45) is 0 Å². The molecule has 5 nitrogen and oxygen atoms in total. The van der Waals surface area contributed by atoms with E-state index in [1.165, 1.54) is 43.1 Å². The van der Waals surface area contributed by atoms with Crippen LogP contribution in [0.25, 0.3) is 27.6 Å². The van der Waals surface area contributed by atoms with E-state index in [4.69, 9.17) is 4.74 Å². The standard InChI is InChI=1S/C30H39F3N4O/c1-3-5-7-8-9-10-11-12-18-38-24-14-16-27-26(21-24)36-29(30(31,32)33)37(27)23-13-15-25-22(19-23)20-28(35-25)34-17-6-4-2/h13-16,19-21,34-35H,3-12,17-18H2,1-2H3. The van der Waals surface area contributed by atoms with Gasteiger partial charge in [0.15, 0.2) is 0 Å². The van der Waals surface area contributed by atoms with Crippen LogP contribution in [0.2, 0.25) is 0 Å². The predicted octanol–water partition coefficient (Wildman–Crippen LogP) is 9.26. The molecule has 0 radical (unpaired) electrons. The second kappa shape index (κ2) is 13.1. The number of unbranched alkanes of at least 4 members (excludes halogenated alkanes) is 8. The van der Waals surface area contributed by atoms with Crippen molar-refractivity contribution in [1.82, 2.24) is 14.5 Å². The average Bonchev–Trinajstić information content (AvgIpc) is 3.48. The van der Waals surface area contributed by atoms with Gasteiger partial charge in [0.2, 0.25) is 5.82 Å². The summed E-state index contributed by atoms with van der Waals surface area (Å²) >= 11 is 0. The van der Waals surface area contributed by atoms with Gasteiger partial charge in [0.25, 0.3) is 0 Å². The Labute approximate surface area is 222 Å². The van der Waals surface area contributed by atoms with Gasteiger partial charge in [-0.1, -0.05) is 65.2 Å². The Balaban J connectivity index is 1.49. The molecule has 0 unspecified atom stereocenters. The lowest BCUT2D eigenvalue weighted by Gasteiger charge is -2.12. The molecule has 0 spiro atoms. The van der Waals surface area contributed by atoms with Crippen molar-refractivity contribution >= 4 is 27.8 Å². The third-order valence-electron chi connectivity index (χ3n) is 6.85. The van der Waals surface area contributed by atoms with Crippen LogP contribution in [-0.4, -0.2) is 27.7 Å². The first-order chi connectivity index (χ1) is 18.4. The average molecular weight is 529 g/mol. The zero-order chi connectivity index (χ0) is 27.0. The second-order valence-electron chi connectivity index (χ2n) is 9.98. The fraction of sp³-hybridized carbons (Fsp3) is 0.500. The number of alkyl halides is 3. The highest BCUT2D eigenvalue weighted by Crippen LogP contribution is 2.36. The smallest absolute Gasteiger partial charge is 0.450 e. The number of fused-ring (bicyclic) bond motifs is 2. The summed E-state index contributed by atoms with van der Waals surface area (Å²) in [6.45, 7) is 5.73. The van der Waals surface area contributed by atoms with Crippen molar-refractivity contribution in [3.05, 3.63) is 48.3 Å². The number of ether oxygens (including phenoxy) is 1. The maximum Gasteiger partial charge on any atom is 0.450 e. The Morgan fingerprint density at radius 1 is 0.868 bits per heavy atom. The lowest BCUT2D eigenvalue weighted by Crippen LogP contribution is -2.13. The molecule has 2 aromatic carbocycles. The monoisotopic (exact) mass is 528 g/mol. The van der Waals surface area contributed by atoms with Crippen molar-refractivity contribution in [2.75, 3.05) is 18.5 Å². The van der Waals surface area contributed by atoms with E-state index in [-0.39, 0.29) is 5.52 Å². The number of nitrogens with one attached hydrogen (secondary N) is 2. The Hall–Kier alpha value is -3.16. The van der Waals surface area contributed by atoms with Gasteiger partial charge in [0.1, 0.15) is 11.6 Å². The van der Waals surface area contributed by atoms with Crippen molar-refractivity contribution in [3.63, 3.8) is 0 Å². The Kier molecular flexibility index (Phi) is 9.58. The van der Waals surface area contributed by atoms with Crippen LogP contribution >= 0.6 is 0 Å². The van der Waals surface area contributed by atoms with Crippen LogP contribution in [0.4, 0.5) is 19.0 Å². The van der Waals surface area contributed by atoms with Gasteiger partial charge in [-0.15, -0.1) is 0 Å². The molecule has 38 heavy (non-hydrogen) atoms. The number of aromatic amines is 1. The highest BCUT2D eigenvalue weighted by atomic mass is 19.4. The molecule has 0 bridgehead atoms. The first kappa shape index (κ1) is 27.9. The highest BCUT2D eigenvalue weighted by molar-refractivity contribution is 5.87. The van der Waals surface area contributed by atoms with Crippen LogP contribution in [-0.2, 0) is 6.18 Å². The Bertz CT molecular complexity index is 1310. The molecular formula is C30H39F3N4O. The van der Waals surface area contributed by atoms with Gasteiger partial charge in [-0.05, 0) is 49.2 Å². The second-order valence-corrected chi connectivity index (χ2v) is 9.98. The number of imidazole rings is 1. The van der Waals surface area contributed by atoms with Gasteiger partial charge in [-0.25, -0.2) is 4.98 Å². The minimum atomic E-state index is -4.60. The molecule has 0 amide bonds. The quantitative estimate of drug-likeness (QED) is 0.151. The summed E-state index contributed by atoms with van der Waals surface area (Å²) in [7, 11) is 0. The van der Waals surface area contributed by atoms with E-state index < -0.39 is 12.0 Å². The Morgan fingerprint density at radius 3 is 2.34 bits per heavy atom. The summed E-state index contributed by atoms with van der Waals surface area (Å²) in [5.41, 5.74) is 1.94. The topological polar surface area (TPSA) is 54.9 Å². The number of aromatic nitrogens is 3. The zero-order valence-corrected chi connectivity index (χ0v) is 22.5. The molecule has 206 valence electrons. The molecule has 0 aliphatic carbocycles. The first-order valence-corrected chi connectivity index (χ1v) is 14.0. The molecule has 4 rings (SSSR count). The van der Waals surface area contributed by atoms with Crippen LogP contribution in [0.3, 0.4) is 0 Å². The number of hydrogen-bond donors (Lipinski definition) is 2. The molecule has 2 heterocycles. The van der Waals surface area contributed by atoms with E-state index in [2.05, 4.69) is 29.1 Å². The van der Waals surface area contributed by atoms with Crippen LogP contribution < -0.4 is 10.1 Å². The van der Waals surface area contributed by atoms with Crippen molar-refractivity contribution in [3.8, 4) is 11.4 Å². The molecule has 0 aliphatic heterocycles. The molecule has 8 heteroatoms. The maximum atomic E-state index is 14.1. The van der Waals surface area contributed by atoms with Crippen molar-refractivity contribution < 1.29 is 17.9 Å².